The Balaban J connectivity index is 1.37. The SMILES string of the molecule is CN1C(=O)C=C[C@]2(C)[C@H]3CC[C@]4(C)C(NC(=O)c5ccccc5F)CC[C@H]4[C@@H]3CC[C@@H]12. The molecule has 31 heavy (non-hydrogen) atoms. The van der Waals surface area contributed by atoms with Gasteiger partial charge in [-0.2, -0.15) is 0 Å². The van der Waals surface area contributed by atoms with E-state index in [1.54, 1.807) is 24.3 Å². The number of carbonyl (C=O) groups is 2. The van der Waals surface area contributed by atoms with Crippen LogP contribution in [0.25, 0.3) is 0 Å². The zero-order chi connectivity index (χ0) is 22.0. The molecule has 0 aromatic heterocycles. The smallest absolute Gasteiger partial charge is 0.254 e. The highest BCUT2D eigenvalue weighted by Crippen LogP contribution is 2.63. The maximum atomic E-state index is 14.1. The minimum absolute atomic E-state index is 0.0292. The van der Waals surface area contributed by atoms with Gasteiger partial charge in [-0.25, -0.2) is 4.39 Å². The van der Waals surface area contributed by atoms with Gasteiger partial charge in [-0.15, -0.1) is 0 Å². The first-order valence-electron chi connectivity index (χ1n) is 11.8. The van der Waals surface area contributed by atoms with Gasteiger partial charge in [0.2, 0.25) is 5.91 Å². The summed E-state index contributed by atoms with van der Waals surface area (Å²) in [6.45, 7) is 4.69. The zero-order valence-corrected chi connectivity index (χ0v) is 18.7. The molecule has 0 radical (unpaired) electrons. The minimum atomic E-state index is -0.461. The van der Waals surface area contributed by atoms with Gasteiger partial charge in [-0.3, -0.25) is 9.59 Å². The van der Waals surface area contributed by atoms with Crippen molar-refractivity contribution in [2.45, 2.75) is 64.5 Å². The highest BCUT2D eigenvalue weighted by atomic mass is 19.1. The lowest BCUT2D eigenvalue weighted by Gasteiger charge is -2.60. The summed E-state index contributed by atoms with van der Waals surface area (Å²) in [6.07, 6.45) is 10.4. The molecule has 1 N–H and O–H groups in total. The maximum Gasteiger partial charge on any atom is 0.254 e. The van der Waals surface area contributed by atoms with E-state index in [0.29, 0.717) is 17.8 Å². The summed E-state index contributed by atoms with van der Waals surface area (Å²) in [6, 6.07) is 6.60. The predicted octanol–water partition coefficient (Wildman–Crippen LogP) is 4.56. The molecule has 0 spiro atoms. The largest absolute Gasteiger partial charge is 0.349 e. The Morgan fingerprint density at radius 3 is 2.65 bits per heavy atom. The van der Waals surface area contributed by atoms with Crippen LogP contribution in [0.3, 0.4) is 0 Å². The Labute approximate surface area is 184 Å². The second kappa shape index (κ2) is 7.18. The molecule has 1 aromatic rings. The minimum Gasteiger partial charge on any atom is -0.349 e. The summed E-state index contributed by atoms with van der Waals surface area (Å²) in [7, 11) is 1.95. The van der Waals surface area contributed by atoms with Gasteiger partial charge in [-0.05, 0) is 79.9 Å². The van der Waals surface area contributed by atoms with Gasteiger partial charge in [0.25, 0.3) is 5.91 Å². The Hall–Kier alpha value is -2.17. The van der Waals surface area contributed by atoms with Crippen LogP contribution in [0, 0.1) is 34.4 Å². The van der Waals surface area contributed by atoms with Crippen LogP contribution < -0.4 is 5.32 Å². The Kier molecular flexibility index (Phi) is 4.80. The number of benzene rings is 1. The number of likely N-dealkylation sites (N-methyl/N-ethyl adjacent to an activating group) is 1. The van der Waals surface area contributed by atoms with Crippen LogP contribution >= 0.6 is 0 Å². The fourth-order valence-corrected chi connectivity index (χ4v) is 7.86. The van der Waals surface area contributed by atoms with E-state index in [9.17, 15) is 14.0 Å². The molecule has 1 aliphatic heterocycles. The molecule has 3 fully saturated rings. The number of fused-ring (bicyclic) bond motifs is 5. The molecule has 3 saturated carbocycles. The number of rotatable bonds is 2. The van der Waals surface area contributed by atoms with E-state index in [1.807, 2.05) is 11.9 Å². The monoisotopic (exact) mass is 424 g/mol. The summed E-state index contributed by atoms with van der Waals surface area (Å²) < 4.78 is 14.1. The van der Waals surface area contributed by atoms with E-state index in [4.69, 9.17) is 0 Å². The van der Waals surface area contributed by atoms with Gasteiger partial charge in [-0.1, -0.05) is 32.1 Å². The molecule has 0 saturated heterocycles. The molecule has 7 atom stereocenters. The number of nitrogens with one attached hydrogen (secondary N) is 1. The zero-order valence-electron chi connectivity index (χ0n) is 18.7. The fraction of sp³-hybridized carbons (Fsp3) is 0.615. The maximum absolute atomic E-state index is 14.1. The third kappa shape index (κ3) is 2.99. The van der Waals surface area contributed by atoms with Gasteiger partial charge in [0.05, 0.1) is 5.56 Å². The van der Waals surface area contributed by atoms with Crippen molar-refractivity contribution in [2.75, 3.05) is 7.05 Å². The van der Waals surface area contributed by atoms with Crippen LogP contribution in [0.15, 0.2) is 36.4 Å². The average Bonchev–Trinajstić information content (AvgIpc) is 3.07. The number of hydrogen-bond acceptors (Lipinski definition) is 2. The van der Waals surface area contributed by atoms with E-state index in [2.05, 4.69) is 25.2 Å². The Morgan fingerprint density at radius 2 is 1.87 bits per heavy atom. The molecule has 2 amide bonds. The predicted molar refractivity (Wildman–Crippen MR) is 118 cm³/mol. The van der Waals surface area contributed by atoms with Crippen molar-refractivity contribution in [3.05, 3.63) is 47.8 Å². The molecule has 5 rings (SSSR count). The number of hydrogen-bond donors (Lipinski definition) is 1. The first-order valence-corrected chi connectivity index (χ1v) is 11.8. The van der Waals surface area contributed by atoms with E-state index in [-0.39, 0.29) is 40.3 Å². The number of halogens is 1. The number of amides is 2. The summed E-state index contributed by atoms with van der Waals surface area (Å²) >= 11 is 0. The van der Waals surface area contributed by atoms with Gasteiger partial charge in [0.1, 0.15) is 5.82 Å². The van der Waals surface area contributed by atoms with Crippen LogP contribution in [-0.2, 0) is 4.79 Å². The van der Waals surface area contributed by atoms with Crippen molar-refractivity contribution in [3.63, 3.8) is 0 Å². The highest BCUT2D eigenvalue weighted by molar-refractivity contribution is 5.94. The van der Waals surface area contributed by atoms with Gasteiger partial charge in [0, 0.05) is 24.5 Å². The van der Waals surface area contributed by atoms with Crippen LogP contribution in [-0.4, -0.2) is 35.8 Å². The van der Waals surface area contributed by atoms with Crippen LogP contribution in [0.1, 0.15) is 62.7 Å². The summed E-state index contributed by atoms with van der Waals surface area (Å²) in [5.41, 5.74) is 0.212. The lowest BCUT2D eigenvalue weighted by molar-refractivity contribution is -0.138. The Morgan fingerprint density at radius 1 is 1.10 bits per heavy atom. The summed E-state index contributed by atoms with van der Waals surface area (Å²) in [5, 5.41) is 3.20. The van der Waals surface area contributed by atoms with E-state index >= 15 is 0 Å². The molecular formula is C26H33FN2O2. The van der Waals surface area contributed by atoms with Crippen LogP contribution in [0.2, 0.25) is 0 Å². The topological polar surface area (TPSA) is 49.4 Å². The summed E-state index contributed by atoms with van der Waals surface area (Å²) in [4.78, 5) is 27.0. The second-order valence-corrected chi connectivity index (χ2v) is 10.7. The number of nitrogens with zero attached hydrogens (tertiary/aromatic N) is 1. The van der Waals surface area contributed by atoms with Crippen molar-refractivity contribution in [1.29, 1.82) is 0 Å². The molecular weight excluding hydrogens is 391 g/mol. The van der Waals surface area contributed by atoms with Gasteiger partial charge in [0.15, 0.2) is 0 Å². The third-order valence-electron chi connectivity index (χ3n) is 9.55. The molecule has 3 aliphatic carbocycles. The normalized spacial score (nSPS) is 41.4. The van der Waals surface area contributed by atoms with Crippen molar-refractivity contribution in [2.24, 2.45) is 28.6 Å². The lowest BCUT2D eigenvalue weighted by Crippen LogP contribution is -2.60. The Bertz CT molecular complexity index is 945. The van der Waals surface area contributed by atoms with E-state index in [1.165, 1.54) is 6.07 Å². The van der Waals surface area contributed by atoms with Gasteiger partial charge < -0.3 is 10.2 Å². The molecule has 5 heteroatoms. The summed E-state index contributed by atoms with van der Waals surface area (Å²) in [5.74, 6) is 1.11. The van der Waals surface area contributed by atoms with Crippen LogP contribution in [0.5, 0.6) is 0 Å². The molecule has 0 bridgehead atoms. The molecule has 4 aliphatic rings. The molecule has 166 valence electrons. The van der Waals surface area contributed by atoms with E-state index < -0.39 is 5.82 Å². The standard InChI is InChI=1S/C26H33FN2O2/c1-25-14-12-19-16(8-11-22-26(19,2)15-13-23(30)29(22)3)18(25)9-10-21(25)28-24(31)17-6-4-5-7-20(17)27/h4-7,13,15-16,18-19,21-22H,8-12,14H2,1-3H3,(H,28,31)/t16-,18-,19-,21?,22+,25-,26+/m0/s1. The molecule has 1 unspecified atom stereocenters. The van der Waals surface area contributed by atoms with Crippen LogP contribution in [0.4, 0.5) is 4.39 Å². The quantitative estimate of drug-likeness (QED) is 0.756. The first-order chi connectivity index (χ1) is 14.8. The van der Waals surface area contributed by atoms with Crippen molar-refractivity contribution in [1.82, 2.24) is 10.2 Å². The highest BCUT2D eigenvalue weighted by Gasteiger charge is 2.60. The van der Waals surface area contributed by atoms with Crippen molar-refractivity contribution >= 4 is 11.8 Å². The number of carbonyl (C=O) groups excluding carboxylic acids is 2. The third-order valence-corrected chi connectivity index (χ3v) is 9.55. The first kappa shape index (κ1) is 20.7. The van der Waals surface area contributed by atoms with Gasteiger partial charge >= 0.3 is 0 Å². The average molecular weight is 425 g/mol. The van der Waals surface area contributed by atoms with Crippen molar-refractivity contribution in [3.8, 4) is 0 Å². The fourth-order valence-electron chi connectivity index (χ4n) is 7.86. The molecule has 1 heterocycles. The van der Waals surface area contributed by atoms with Crippen molar-refractivity contribution < 1.29 is 14.0 Å². The second-order valence-electron chi connectivity index (χ2n) is 10.7. The van der Waals surface area contributed by atoms with E-state index in [0.717, 1.165) is 38.5 Å². The molecule has 1 aromatic carbocycles. The molecule has 4 nitrogen and oxygen atoms in total. The lowest BCUT2D eigenvalue weighted by atomic mass is 9.48.